The average molecular weight is 1180 g/mol. The van der Waals surface area contributed by atoms with Crippen molar-refractivity contribution in [1.29, 1.82) is 0 Å². The maximum Gasteiger partial charge on any atom is -0.0326 e. The maximum atomic E-state index is 2.35. The molecule has 0 aromatic carbocycles. The summed E-state index contributed by atoms with van der Waals surface area (Å²) in [5.74, 6) is 11.7. The molecule has 0 aromatic heterocycles. The molecule has 1 unspecified atom stereocenters. The van der Waals surface area contributed by atoms with E-state index in [2.05, 4.69) is 263 Å². The van der Waals surface area contributed by atoms with E-state index < -0.39 is 0 Å². The van der Waals surface area contributed by atoms with Crippen LogP contribution in [0.2, 0.25) is 0 Å². The van der Waals surface area contributed by atoms with Crippen molar-refractivity contribution < 1.29 is 0 Å². The molecule has 6 fully saturated rings. The maximum absolute atomic E-state index is 2.35. The predicted octanol–water partition coefficient (Wildman–Crippen LogP) is 31.9. The van der Waals surface area contributed by atoms with E-state index in [0.717, 1.165) is 81.8 Å². The Morgan fingerprint density at radius 1 is 0.446 bits per heavy atom. The zero-order valence-electron chi connectivity index (χ0n) is 67.2. The minimum atomic E-state index is 0.542. The van der Waals surface area contributed by atoms with Gasteiger partial charge in [-0.25, -0.2) is 0 Å². The van der Waals surface area contributed by atoms with Crippen LogP contribution in [0.15, 0.2) is 0 Å². The van der Waals surface area contributed by atoms with Crippen LogP contribution in [0, 0.1) is 98.1 Å². The van der Waals surface area contributed by atoms with E-state index in [-0.39, 0.29) is 0 Å². The first kappa shape index (κ1) is 99.2. The van der Waals surface area contributed by atoms with Gasteiger partial charge in [-0.05, 0) is 149 Å². The van der Waals surface area contributed by atoms with Crippen LogP contribution in [0.1, 0.15) is 443 Å². The van der Waals surface area contributed by atoms with Crippen molar-refractivity contribution in [3.8, 4) is 0 Å². The van der Waals surface area contributed by atoms with Gasteiger partial charge in [0, 0.05) is 0 Å². The summed E-state index contributed by atoms with van der Waals surface area (Å²) in [6.45, 7) is 85.9. The van der Waals surface area contributed by atoms with Gasteiger partial charge in [0.25, 0.3) is 0 Å². The Balaban J connectivity index is -0.000000122. The SMILES string of the molecule is CC(C)C(C)C.CC(C)C1CC1.CC1(C)CC1.CCC(C)(C)C.CCC(C)(C)C.CCC(C)CC.CCC(C)CC.CCC1(C)CC1.CCC1C[C@@H]1C.CCCC(C)C.CCCC(C)C.CCCC1CC1.CCCCCC.C[C@H]1CC1(C)C. The molecule has 514 valence electrons. The molecule has 83 heavy (non-hydrogen) atoms. The molecule has 0 aliphatic heterocycles. The number of unbranched alkanes of at least 4 members (excludes halogenated alkanes) is 3. The normalized spacial score (nSPS) is 19.0. The molecule has 0 heterocycles. The Bertz CT molecular complexity index is 1080. The fourth-order valence-corrected chi connectivity index (χ4v) is 6.32. The van der Waals surface area contributed by atoms with Gasteiger partial charge in [0.05, 0.1) is 0 Å². The van der Waals surface area contributed by atoms with E-state index in [4.69, 9.17) is 0 Å². The van der Waals surface area contributed by atoms with E-state index in [1.54, 1.807) is 0 Å². The van der Waals surface area contributed by atoms with Crippen LogP contribution in [0.3, 0.4) is 0 Å². The Kier molecular flexibility index (Phi) is 72.8. The number of rotatable bonds is 17. The smallest absolute Gasteiger partial charge is 0.0326 e. The fraction of sp³-hybridized carbons (Fsp3) is 1.00. The van der Waals surface area contributed by atoms with E-state index in [1.807, 2.05) is 0 Å². The third kappa shape index (κ3) is 107. The first-order valence-corrected chi connectivity index (χ1v) is 38.0. The van der Waals surface area contributed by atoms with Crippen molar-refractivity contribution in [2.24, 2.45) is 98.1 Å². The van der Waals surface area contributed by atoms with Crippen LogP contribution in [0.5, 0.6) is 0 Å². The van der Waals surface area contributed by atoms with Gasteiger partial charge < -0.3 is 0 Å². The van der Waals surface area contributed by atoms with Gasteiger partial charge in [-0.1, -0.05) is 392 Å². The number of hydrogen-bond acceptors (Lipinski definition) is 0. The Labute approximate surface area is 538 Å². The second kappa shape index (κ2) is 60.9. The molecule has 6 rings (SSSR count). The molecule has 0 spiro atoms. The summed E-state index contributed by atoms with van der Waals surface area (Å²) < 4.78 is 0. The molecule has 0 radical (unpaired) electrons. The highest BCUT2D eigenvalue weighted by atomic mass is 14.5. The largest absolute Gasteiger partial charge is 0.0654 e. The van der Waals surface area contributed by atoms with Gasteiger partial charge in [-0.2, -0.15) is 0 Å². The molecular formula is C83H182. The minimum Gasteiger partial charge on any atom is -0.0654 e. The lowest BCUT2D eigenvalue weighted by molar-refractivity contribution is 0.397. The molecule has 6 saturated carbocycles. The van der Waals surface area contributed by atoms with Gasteiger partial charge in [0.15, 0.2) is 0 Å². The predicted molar refractivity (Wildman–Crippen MR) is 399 cm³/mol. The van der Waals surface area contributed by atoms with E-state index in [9.17, 15) is 0 Å². The van der Waals surface area contributed by atoms with Gasteiger partial charge in [0.1, 0.15) is 0 Å². The first-order chi connectivity index (χ1) is 38.0. The Hall–Kier alpha value is 0. The summed E-state index contributed by atoms with van der Waals surface area (Å²) in [7, 11) is 0. The first-order valence-electron chi connectivity index (χ1n) is 38.0. The van der Waals surface area contributed by atoms with Gasteiger partial charge in [0.2, 0.25) is 0 Å². The van der Waals surface area contributed by atoms with Crippen molar-refractivity contribution >= 4 is 0 Å². The van der Waals surface area contributed by atoms with Crippen LogP contribution < -0.4 is 0 Å². The molecule has 0 amide bonds. The van der Waals surface area contributed by atoms with Crippen LogP contribution >= 0.6 is 0 Å². The molecular weight excluding hydrogens is 997 g/mol. The lowest BCUT2D eigenvalue weighted by Crippen LogP contribution is -2.00. The Morgan fingerprint density at radius 3 is 0.759 bits per heavy atom. The van der Waals surface area contributed by atoms with E-state index >= 15 is 0 Å². The summed E-state index contributed by atoms with van der Waals surface area (Å²) >= 11 is 0. The van der Waals surface area contributed by atoms with Crippen LogP contribution in [-0.2, 0) is 0 Å². The highest BCUT2D eigenvalue weighted by Gasteiger charge is 2.41. The highest BCUT2D eigenvalue weighted by molar-refractivity contribution is 4.91. The topological polar surface area (TPSA) is 0 Å². The van der Waals surface area contributed by atoms with Crippen LogP contribution in [-0.4, -0.2) is 0 Å². The van der Waals surface area contributed by atoms with Crippen molar-refractivity contribution in [1.82, 2.24) is 0 Å². The summed E-state index contributed by atoms with van der Waals surface area (Å²) in [5, 5.41) is 0. The molecule has 3 atom stereocenters. The second-order valence-corrected chi connectivity index (χ2v) is 33.8. The second-order valence-electron chi connectivity index (χ2n) is 33.8. The minimum absolute atomic E-state index is 0.542. The zero-order chi connectivity index (χ0) is 67.2. The summed E-state index contributed by atoms with van der Waals surface area (Å²) in [5.41, 5.74) is 3.33. The Morgan fingerprint density at radius 2 is 0.735 bits per heavy atom. The van der Waals surface area contributed by atoms with Crippen molar-refractivity contribution in [2.45, 2.75) is 443 Å². The molecule has 6 aliphatic carbocycles. The molecule has 0 aromatic rings. The third-order valence-corrected chi connectivity index (χ3v) is 18.9. The zero-order valence-corrected chi connectivity index (χ0v) is 67.2. The van der Waals surface area contributed by atoms with E-state index in [0.29, 0.717) is 16.2 Å². The van der Waals surface area contributed by atoms with Crippen LogP contribution in [0.4, 0.5) is 0 Å². The van der Waals surface area contributed by atoms with Crippen molar-refractivity contribution in [3.05, 3.63) is 0 Å². The summed E-state index contributed by atoms with van der Waals surface area (Å²) in [4.78, 5) is 0. The van der Waals surface area contributed by atoms with Gasteiger partial charge in [-0.15, -0.1) is 0 Å². The fourth-order valence-electron chi connectivity index (χ4n) is 6.32. The lowest BCUT2D eigenvalue weighted by Gasteiger charge is -2.12. The highest BCUT2D eigenvalue weighted by Crippen LogP contribution is 2.51. The van der Waals surface area contributed by atoms with Gasteiger partial charge in [-0.3, -0.25) is 0 Å². The quantitative estimate of drug-likeness (QED) is 0.127. The van der Waals surface area contributed by atoms with Crippen molar-refractivity contribution in [2.75, 3.05) is 0 Å². The molecule has 6 aliphatic rings. The molecule has 0 bridgehead atoms. The summed E-state index contributed by atoms with van der Waals surface area (Å²) in [6, 6.07) is 0. The average Bonchev–Trinajstić information content (AvgIpc) is 4.15. The molecule has 0 nitrogen and oxygen atoms in total. The molecule has 0 heteroatoms. The molecule has 0 N–H and O–H groups in total. The third-order valence-electron chi connectivity index (χ3n) is 18.9. The van der Waals surface area contributed by atoms with Crippen LogP contribution in [0.25, 0.3) is 0 Å². The summed E-state index contributed by atoms with van der Waals surface area (Å²) in [6.07, 6.45) is 39.3. The number of hydrogen-bond donors (Lipinski definition) is 0. The van der Waals surface area contributed by atoms with Crippen molar-refractivity contribution in [3.63, 3.8) is 0 Å². The molecule has 0 saturated heterocycles. The van der Waals surface area contributed by atoms with E-state index in [1.165, 1.54) is 180 Å². The monoisotopic (exact) mass is 1180 g/mol. The standard InChI is InChI=1S/5C6H12.8C6H14.C5H10/c1-5-4-6(5,2)3;1-5(2)6-3-4-6;1-3-6(2)4-5-6;1-3-6-4-5(6)2;1-2-3-6-4-5-6;2*1-5-6(2,3)4;1-5(2)6(3)4;2*1-4-5-6(2)3;2*1-4-6(3)5-2;1-3-5-6-4-2;1-5(2)3-4-5/h5H,4H2,1-3H3;5-6H,3-4H2,1-2H3;3-5H2,1-2H3;5-6H,3-4H2,1-2H3;6H,2-5H2,1H3;2*5H2,1-4H3;5-6H,1-4H3;4*6H,4-5H2,1-3H3;3-6H2,1-2H3;3-4H2,1-2H3/t5-;;;5-,6?;;;;;;;;;;/m0..0........../s1. The lowest BCUT2D eigenvalue weighted by atomic mass is 9.94. The van der Waals surface area contributed by atoms with Gasteiger partial charge >= 0.3 is 0 Å².